The first kappa shape index (κ1) is 18.3. The number of carbonyl (C=O) groups is 2. The van der Waals surface area contributed by atoms with Crippen LogP contribution in [0, 0.1) is 24.0 Å². The topological polar surface area (TPSA) is 98.5 Å². The summed E-state index contributed by atoms with van der Waals surface area (Å²) >= 11 is 1.27. The number of nitro groups is 1. The van der Waals surface area contributed by atoms with E-state index >= 15 is 0 Å². The molecule has 0 bridgehead atoms. The van der Waals surface area contributed by atoms with Gasteiger partial charge in [-0.15, -0.1) is 11.3 Å². The molecule has 130 valence electrons. The first-order chi connectivity index (χ1) is 11.8. The van der Waals surface area contributed by atoms with Gasteiger partial charge in [-0.3, -0.25) is 14.9 Å². The minimum atomic E-state index is -0.528. The molecule has 1 N–H and O–H groups in total. The van der Waals surface area contributed by atoms with Crippen molar-refractivity contribution >= 4 is 40.0 Å². The van der Waals surface area contributed by atoms with Crippen molar-refractivity contribution in [1.82, 2.24) is 0 Å². The van der Waals surface area contributed by atoms with Crippen molar-refractivity contribution in [1.29, 1.82) is 0 Å². The Morgan fingerprint density at radius 2 is 1.96 bits per heavy atom. The lowest BCUT2D eigenvalue weighted by atomic mass is 10.1. The van der Waals surface area contributed by atoms with Crippen LogP contribution in [-0.4, -0.2) is 23.9 Å². The highest BCUT2D eigenvalue weighted by Gasteiger charge is 2.21. The molecule has 0 aliphatic heterocycles. The number of hydrogen-bond acceptors (Lipinski definition) is 6. The Morgan fingerprint density at radius 1 is 1.28 bits per heavy atom. The Bertz CT molecular complexity index is 870. The van der Waals surface area contributed by atoms with Crippen molar-refractivity contribution in [3.63, 3.8) is 0 Å². The van der Waals surface area contributed by atoms with E-state index in [1.54, 1.807) is 25.1 Å². The highest BCUT2D eigenvalue weighted by Crippen LogP contribution is 2.33. The number of aryl methyl sites for hydroxylation is 1. The summed E-state index contributed by atoms with van der Waals surface area (Å²) in [5, 5.41) is 14.0. The lowest BCUT2D eigenvalue weighted by Crippen LogP contribution is -2.11. The molecule has 0 spiro atoms. The predicted molar refractivity (Wildman–Crippen MR) is 95.9 cm³/mol. The fraction of sp³-hybridized carbons (Fsp3) is 0.176. The average Bonchev–Trinajstić information content (AvgIpc) is 2.86. The van der Waals surface area contributed by atoms with Crippen LogP contribution in [0.4, 0.5) is 10.7 Å². The van der Waals surface area contributed by atoms with Gasteiger partial charge >= 0.3 is 5.97 Å². The second-order valence-corrected chi connectivity index (χ2v) is 6.34. The number of methoxy groups -OCH3 is 1. The van der Waals surface area contributed by atoms with Gasteiger partial charge in [-0.1, -0.05) is 12.1 Å². The summed E-state index contributed by atoms with van der Waals surface area (Å²) in [7, 11) is 1.27. The number of nitrogens with zero attached hydrogens (tertiary/aromatic N) is 1. The van der Waals surface area contributed by atoms with Gasteiger partial charge in [-0.2, -0.15) is 0 Å². The molecule has 1 aromatic heterocycles. The van der Waals surface area contributed by atoms with Crippen LogP contribution in [0.25, 0.3) is 6.08 Å². The van der Waals surface area contributed by atoms with Crippen LogP contribution < -0.4 is 5.32 Å². The van der Waals surface area contributed by atoms with Gasteiger partial charge in [0, 0.05) is 17.0 Å². The summed E-state index contributed by atoms with van der Waals surface area (Å²) in [6.07, 6.45) is 2.55. The SMILES string of the molecule is COC(=O)c1c(NC(=O)/C=C/c2ccccc2[N+](=O)[O-])sc(C)c1C. The van der Waals surface area contributed by atoms with Gasteiger partial charge in [-0.05, 0) is 31.6 Å². The number of carbonyl (C=O) groups excluding carboxylic acids is 2. The smallest absolute Gasteiger partial charge is 0.341 e. The van der Waals surface area contributed by atoms with E-state index in [2.05, 4.69) is 5.32 Å². The highest BCUT2D eigenvalue weighted by molar-refractivity contribution is 7.16. The van der Waals surface area contributed by atoms with Crippen LogP contribution in [0.15, 0.2) is 30.3 Å². The number of nitro benzene ring substituents is 1. The van der Waals surface area contributed by atoms with E-state index in [0.717, 1.165) is 10.4 Å². The van der Waals surface area contributed by atoms with Gasteiger partial charge in [0.1, 0.15) is 5.00 Å². The zero-order valence-electron chi connectivity index (χ0n) is 13.9. The van der Waals surface area contributed by atoms with Crippen molar-refractivity contribution in [3.05, 3.63) is 62.0 Å². The van der Waals surface area contributed by atoms with E-state index in [1.807, 2.05) is 6.92 Å². The number of amides is 1. The van der Waals surface area contributed by atoms with Crippen molar-refractivity contribution < 1.29 is 19.2 Å². The number of ether oxygens (including phenoxy) is 1. The average molecular weight is 360 g/mol. The van der Waals surface area contributed by atoms with E-state index in [4.69, 9.17) is 4.74 Å². The van der Waals surface area contributed by atoms with Crippen molar-refractivity contribution in [2.75, 3.05) is 12.4 Å². The van der Waals surface area contributed by atoms with Gasteiger partial charge in [0.25, 0.3) is 5.69 Å². The molecule has 0 aliphatic rings. The molecule has 8 heteroatoms. The third-order valence-electron chi connectivity index (χ3n) is 3.56. The molecule has 1 heterocycles. The number of benzene rings is 1. The molecule has 1 amide bonds. The second kappa shape index (κ2) is 7.71. The normalized spacial score (nSPS) is 10.7. The number of anilines is 1. The molecular weight excluding hydrogens is 344 g/mol. The second-order valence-electron chi connectivity index (χ2n) is 5.12. The summed E-state index contributed by atoms with van der Waals surface area (Å²) in [5.41, 5.74) is 1.28. The summed E-state index contributed by atoms with van der Waals surface area (Å²) in [5.74, 6) is -1.02. The molecule has 0 saturated heterocycles. The lowest BCUT2D eigenvalue weighted by Gasteiger charge is -2.04. The fourth-order valence-electron chi connectivity index (χ4n) is 2.18. The molecule has 1 aromatic carbocycles. The maximum atomic E-state index is 12.1. The number of nitrogens with one attached hydrogen (secondary N) is 1. The Hall–Kier alpha value is -3.00. The molecule has 0 fully saturated rings. The zero-order valence-corrected chi connectivity index (χ0v) is 14.7. The van der Waals surface area contributed by atoms with E-state index in [1.165, 1.54) is 36.7 Å². The van der Waals surface area contributed by atoms with Crippen LogP contribution in [-0.2, 0) is 9.53 Å². The fourth-order valence-corrected chi connectivity index (χ4v) is 3.23. The molecule has 25 heavy (non-hydrogen) atoms. The van der Waals surface area contributed by atoms with Gasteiger partial charge in [0.15, 0.2) is 0 Å². The Kier molecular flexibility index (Phi) is 5.66. The first-order valence-electron chi connectivity index (χ1n) is 7.26. The molecule has 2 rings (SSSR count). The lowest BCUT2D eigenvalue weighted by molar-refractivity contribution is -0.385. The molecular formula is C17H16N2O5S. The number of rotatable bonds is 5. The highest BCUT2D eigenvalue weighted by atomic mass is 32.1. The van der Waals surface area contributed by atoms with Crippen molar-refractivity contribution in [3.8, 4) is 0 Å². The van der Waals surface area contributed by atoms with Crippen molar-refractivity contribution in [2.24, 2.45) is 0 Å². The van der Waals surface area contributed by atoms with Gasteiger partial charge < -0.3 is 10.1 Å². The molecule has 0 atom stereocenters. The summed E-state index contributed by atoms with van der Waals surface area (Å²) < 4.78 is 4.75. The van der Waals surface area contributed by atoms with Gasteiger partial charge in [0.2, 0.25) is 5.91 Å². The minimum Gasteiger partial charge on any atom is -0.465 e. The van der Waals surface area contributed by atoms with Crippen LogP contribution in [0.5, 0.6) is 0 Å². The largest absolute Gasteiger partial charge is 0.465 e. The van der Waals surface area contributed by atoms with E-state index < -0.39 is 16.8 Å². The molecule has 0 saturated carbocycles. The summed E-state index contributed by atoms with van der Waals surface area (Å²) in [6, 6.07) is 6.10. The maximum absolute atomic E-state index is 12.1. The Labute approximate surface area is 148 Å². The number of esters is 1. The van der Waals surface area contributed by atoms with E-state index in [-0.39, 0.29) is 5.69 Å². The van der Waals surface area contributed by atoms with Crippen LogP contribution in [0.2, 0.25) is 0 Å². The third kappa shape index (κ3) is 4.10. The Balaban J connectivity index is 2.23. The maximum Gasteiger partial charge on any atom is 0.341 e. The van der Waals surface area contributed by atoms with Gasteiger partial charge in [-0.25, -0.2) is 4.79 Å². The predicted octanol–water partition coefficient (Wildman–Crippen LogP) is 3.71. The molecule has 0 unspecified atom stereocenters. The first-order valence-corrected chi connectivity index (χ1v) is 8.07. The van der Waals surface area contributed by atoms with E-state index in [9.17, 15) is 19.7 Å². The molecule has 7 nitrogen and oxygen atoms in total. The van der Waals surface area contributed by atoms with Crippen LogP contribution in [0.3, 0.4) is 0 Å². The Morgan fingerprint density at radius 3 is 2.60 bits per heavy atom. The quantitative estimate of drug-likeness (QED) is 0.379. The van der Waals surface area contributed by atoms with Crippen LogP contribution >= 0.6 is 11.3 Å². The summed E-state index contributed by atoms with van der Waals surface area (Å²) in [6.45, 7) is 3.61. The van der Waals surface area contributed by atoms with Crippen LogP contribution in [0.1, 0.15) is 26.4 Å². The van der Waals surface area contributed by atoms with Crippen molar-refractivity contribution in [2.45, 2.75) is 13.8 Å². The monoisotopic (exact) mass is 360 g/mol. The van der Waals surface area contributed by atoms with Gasteiger partial charge in [0.05, 0.1) is 23.2 Å². The zero-order chi connectivity index (χ0) is 18.6. The molecule has 2 aromatic rings. The molecule has 0 radical (unpaired) electrons. The van der Waals surface area contributed by atoms with E-state index in [0.29, 0.717) is 16.1 Å². The minimum absolute atomic E-state index is 0.0930. The number of para-hydroxylation sites is 1. The molecule has 0 aliphatic carbocycles. The standard InChI is InChI=1S/C17H16N2O5S/c1-10-11(2)25-16(15(10)17(21)24-3)18-14(20)9-8-12-6-4-5-7-13(12)19(22)23/h4-9H,1-3H3,(H,18,20)/b9-8+. The third-order valence-corrected chi connectivity index (χ3v) is 4.68. The number of hydrogen-bond donors (Lipinski definition) is 1. The number of thiophene rings is 1. The summed E-state index contributed by atoms with van der Waals surface area (Å²) in [4.78, 5) is 35.4.